The molecular weight excluding hydrogens is 222 g/mol. The van der Waals surface area contributed by atoms with Crippen molar-refractivity contribution >= 4 is 12.1 Å². The van der Waals surface area contributed by atoms with Crippen molar-refractivity contribution < 1.29 is 4.79 Å². The first-order valence-corrected chi connectivity index (χ1v) is 7.40. The lowest BCUT2D eigenvalue weighted by Crippen LogP contribution is -1.93. The minimum absolute atomic E-state index is 0.189. The largest absolute Gasteiger partial charge is 0.271 e. The minimum atomic E-state index is -0.189. The van der Waals surface area contributed by atoms with Crippen LogP contribution in [-0.4, -0.2) is 12.1 Å². The van der Waals surface area contributed by atoms with E-state index in [-0.39, 0.29) is 5.91 Å². The number of aliphatic imine (C=N–C) groups is 1. The topological polar surface area (TPSA) is 29.4 Å². The second-order valence-electron chi connectivity index (χ2n) is 5.01. The van der Waals surface area contributed by atoms with Crippen molar-refractivity contribution in [2.75, 3.05) is 0 Å². The van der Waals surface area contributed by atoms with Gasteiger partial charge in [-0.15, -0.1) is 0 Å². The number of hydrogen-bond donors (Lipinski definition) is 0. The summed E-state index contributed by atoms with van der Waals surface area (Å²) in [5.41, 5.74) is 0.512. The average Bonchev–Trinajstić information content (AvgIpc) is 2.35. The molecule has 0 atom stereocenters. The molecule has 0 saturated heterocycles. The number of hydrogen-bond acceptors (Lipinski definition) is 1. The molecule has 0 aromatic rings. The van der Waals surface area contributed by atoms with E-state index in [0.29, 0.717) is 5.57 Å². The monoisotopic (exact) mass is 251 g/mol. The first kappa shape index (κ1) is 17.1. The van der Waals surface area contributed by atoms with Crippen molar-refractivity contribution in [3.63, 3.8) is 0 Å². The predicted molar refractivity (Wildman–Crippen MR) is 80.2 cm³/mol. The molecule has 1 amide bonds. The van der Waals surface area contributed by atoms with E-state index in [2.05, 4.69) is 18.5 Å². The van der Waals surface area contributed by atoms with Gasteiger partial charge in [-0.2, -0.15) is 0 Å². The van der Waals surface area contributed by atoms with Crippen LogP contribution >= 0.6 is 0 Å². The van der Waals surface area contributed by atoms with Crippen LogP contribution in [0.3, 0.4) is 0 Å². The summed E-state index contributed by atoms with van der Waals surface area (Å²) < 4.78 is 0. The highest BCUT2D eigenvalue weighted by Gasteiger charge is 1.95. The summed E-state index contributed by atoms with van der Waals surface area (Å²) in [6, 6.07) is 0. The van der Waals surface area contributed by atoms with Crippen LogP contribution in [0.1, 0.15) is 78.1 Å². The molecule has 0 N–H and O–H groups in total. The summed E-state index contributed by atoms with van der Waals surface area (Å²) in [5.74, 6) is -0.189. The Balaban J connectivity index is 3.21. The quantitative estimate of drug-likeness (QED) is 0.286. The van der Waals surface area contributed by atoms with Gasteiger partial charge in [-0.05, 0) is 19.8 Å². The highest BCUT2D eigenvalue weighted by molar-refractivity contribution is 5.97. The maximum absolute atomic E-state index is 11.1. The number of amides is 1. The molecule has 0 aromatic carbocycles. The van der Waals surface area contributed by atoms with Gasteiger partial charge in [0.25, 0.3) is 5.91 Å². The second kappa shape index (κ2) is 12.5. The lowest BCUT2D eigenvalue weighted by atomic mass is 10.1. The van der Waals surface area contributed by atoms with Crippen molar-refractivity contribution in [3.8, 4) is 0 Å². The Bertz CT molecular complexity index is 256. The third-order valence-corrected chi connectivity index (χ3v) is 3.01. The third-order valence-electron chi connectivity index (χ3n) is 3.01. The molecule has 0 saturated carbocycles. The van der Waals surface area contributed by atoms with Crippen LogP contribution < -0.4 is 0 Å². The Morgan fingerprint density at radius 2 is 1.50 bits per heavy atom. The van der Waals surface area contributed by atoms with E-state index < -0.39 is 0 Å². The maximum atomic E-state index is 11.1. The zero-order valence-electron chi connectivity index (χ0n) is 12.2. The summed E-state index contributed by atoms with van der Waals surface area (Å²) in [4.78, 5) is 14.9. The second-order valence-corrected chi connectivity index (χ2v) is 5.01. The number of rotatable bonds is 11. The van der Waals surface area contributed by atoms with E-state index in [1.807, 2.05) is 0 Å². The van der Waals surface area contributed by atoms with Gasteiger partial charge in [0.1, 0.15) is 0 Å². The molecule has 0 aliphatic carbocycles. The summed E-state index contributed by atoms with van der Waals surface area (Å²) >= 11 is 0. The van der Waals surface area contributed by atoms with Crippen molar-refractivity contribution in [2.45, 2.75) is 78.1 Å². The first-order chi connectivity index (χ1) is 8.68. The smallest absolute Gasteiger partial charge is 0.267 e. The molecule has 104 valence electrons. The average molecular weight is 251 g/mol. The van der Waals surface area contributed by atoms with Crippen LogP contribution in [0.25, 0.3) is 0 Å². The molecule has 0 bridgehead atoms. The normalized spacial score (nSPS) is 11.0. The van der Waals surface area contributed by atoms with Crippen LogP contribution in [0.2, 0.25) is 0 Å². The molecule has 0 spiro atoms. The zero-order valence-corrected chi connectivity index (χ0v) is 12.2. The highest BCUT2D eigenvalue weighted by atomic mass is 16.1. The standard InChI is InChI=1S/C16H29NO/c1-4-5-6-7-8-9-10-11-12-13-14-17-16(18)15(2)3/h14H,2,4-13H2,1,3H3. The zero-order chi connectivity index (χ0) is 13.6. The molecule has 0 radical (unpaired) electrons. The van der Waals surface area contributed by atoms with E-state index in [9.17, 15) is 4.79 Å². The fraction of sp³-hybridized carbons (Fsp3) is 0.750. The Morgan fingerprint density at radius 3 is 2.00 bits per heavy atom. The Kier molecular flexibility index (Phi) is 11.9. The molecule has 2 heteroatoms. The van der Waals surface area contributed by atoms with Gasteiger partial charge in [0.05, 0.1) is 0 Å². The van der Waals surface area contributed by atoms with Crippen molar-refractivity contribution in [1.29, 1.82) is 0 Å². The van der Waals surface area contributed by atoms with Gasteiger partial charge in [-0.3, -0.25) is 4.79 Å². The number of unbranched alkanes of at least 4 members (excludes halogenated alkanes) is 9. The summed E-state index contributed by atoms with van der Waals surface area (Å²) in [7, 11) is 0. The predicted octanol–water partition coefficient (Wildman–Crippen LogP) is 5.08. The van der Waals surface area contributed by atoms with E-state index >= 15 is 0 Å². The Morgan fingerprint density at radius 1 is 1.00 bits per heavy atom. The van der Waals surface area contributed by atoms with E-state index in [1.54, 1.807) is 13.1 Å². The molecule has 0 unspecified atom stereocenters. The van der Waals surface area contributed by atoms with Crippen LogP contribution in [0.15, 0.2) is 17.1 Å². The number of carbonyl (C=O) groups is 1. The van der Waals surface area contributed by atoms with Crippen LogP contribution in [0.4, 0.5) is 0 Å². The summed E-state index contributed by atoms with van der Waals surface area (Å²) in [6.45, 7) is 7.50. The maximum Gasteiger partial charge on any atom is 0.271 e. The number of carbonyl (C=O) groups excluding carboxylic acids is 1. The molecule has 18 heavy (non-hydrogen) atoms. The van der Waals surface area contributed by atoms with Crippen LogP contribution in [0.5, 0.6) is 0 Å². The lowest BCUT2D eigenvalue weighted by molar-refractivity contribution is -0.114. The van der Waals surface area contributed by atoms with Gasteiger partial charge in [-0.1, -0.05) is 64.9 Å². The third kappa shape index (κ3) is 11.6. The van der Waals surface area contributed by atoms with Gasteiger partial charge >= 0.3 is 0 Å². The Labute approximate surface area is 113 Å². The molecule has 0 aliphatic rings. The van der Waals surface area contributed by atoms with Gasteiger partial charge in [0, 0.05) is 11.8 Å². The van der Waals surface area contributed by atoms with Gasteiger partial charge in [-0.25, -0.2) is 4.99 Å². The van der Waals surface area contributed by atoms with E-state index in [0.717, 1.165) is 12.8 Å². The fourth-order valence-corrected chi connectivity index (χ4v) is 1.80. The van der Waals surface area contributed by atoms with Crippen LogP contribution in [-0.2, 0) is 4.79 Å². The van der Waals surface area contributed by atoms with Crippen LogP contribution in [0, 0.1) is 0 Å². The summed E-state index contributed by atoms with van der Waals surface area (Å²) in [6.07, 6.45) is 14.6. The van der Waals surface area contributed by atoms with Crippen molar-refractivity contribution in [3.05, 3.63) is 12.2 Å². The lowest BCUT2D eigenvalue weighted by Gasteiger charge is -2.00. The highest BCUT2D eigenvalue weighted by Crippen LogP contribution is 2.10. The van der Waals surface area contributed by atoms with Crippen molar-refractivity contribution in [1.82, 2.24) is 0 Å². The van der Waals surface area contributed by atoms with Gasteiger partial charge < -0.3 is 0 Å². The molecule has 0 fully saturated rings. The van der Waals surface area contributed by atoms with Gasteiger partial charge in [0.15, 0.2) is 0 Å². The van der Waals surface area contributed by atoms with Crippen molar-refractivity contribution in [2.24, 2.45) is 4.99 Å². The minimum Gasteiger partial charge on any atom is -0.267 e. The molecule has 0 aliphatic heterocycles. The molecule has 0 rings (SSSR count). The van der Waals surface area contributed by atoms with Gasteiger partial charge in [0.2, 0.25) is 0 Å². The molecule has 0 aromatic heterocycles. The Hall–Kier alpha value is -0.920. The first-order valence-electron chi connectivity index (χ1n) is 7.40. The molecule has 0 heterocycles. The van der Waals surface area contributed by atoms with E-state index in [1.165, 1.54) is 51.4 Å². The fourth-order valence-electron chi connectivity index (χ4n) is 1.80. The summed E-state index contributed by atoms with van der Waals surface area (Å²) in [5, 5.41) is 0. The SMILES string of the molecule is C=C(C)C(=O)N=CCCCCCCCCCCC. The number of nitrogens with zero attached hydrogens (tertiary/aromatic N) is 1. The molecule has 2 nitrogen and oxygen atoms in total. The van der Waals surface area contributed by atoms with E-state index in [4.69, 9.17) is 0 Å². The molecular formula is C16H29NO.